The smallest absolute Gasteiger partial charge is 0.408 e. The van der Waals surface area contributed by atoms with Gasteiger partial charge in [-0.15, -0.1) is 0 Å². The number of hydrogen-bond donors (Lipinski definition) is 2. The van der Waals surface area contributed by atoms with Crippen LogP contribution in [-0.4, -0.2) is 41.0 Å². The van der Waals surface area contributed by atoms with Crippen molar-refractivity contribution in [1.82, 2.24) is 10.2 Å². The lowest BCUT2D eigenvalue weighted by Gasteiger charge is -2.35. The molecule has 0 spiro atoms. The molecule has 0 aliphatic carbocycles. The monoisotopic (exact) mass is 621 g/mol. The average molecular weight is 622 g/mol. The van der Waals surface area contributed by atoms with E-state index in [0.29, 0.717) is 24.2 Å². The van der Waals surface area contributed by atoms with Gasteiger partial charge in [-0.2, -0.15) is 0 Å². The molecule has 4 aromatic carbocycles. The van der Waals surface area contributed by atoms with E-state index in [9.17, 15) is 14.4 Å². The quantitative estimate of drug-likeness (QED) is 0.147. The summed E-state index contributed by atoms with van der Waals surface area (Å²) in [7, 11) is 0. The largest absolute Gasteiger partial charge is 0.444 e. The maximum absolute atomic E-state index is 14.7. The highest BCUT2D eigenvalue weighted by molar-refractivity contribution is 6.00. The third kappa shape index (κ3) is 9.67. The summed E-state index contributed by atoms with van der Waals surface area (Å²) in [5.74, 6) is -0.663. The van der Waals surface area contributed by atoms with Crippen LogP contribution in [0.25, 0.3) is 10.8 Å². The number of fused-ring (bicyclic) bond motifs is 1. The Labute approximate surface area is 273 Å². The van der Waals surface area contributed by atoms with Gasteiger partial charge < -0.3 is 20.3 Å². The second-order valence-electron chi connectivity index (χ2n) is 12.7. The normalized spacial score (nSPS) is 12.6. The topological polar surface area (TPSA) is 87.7 Å². The van der Waals surface area contributed by atoms with Gasteiger partial charge in [0.05, 0.1) is 0 Å². The molecule has 7 heteroatoms. The number of alkyl carbamates (subject to hydrolysis) is 1. The number of nitrogens with one attached hydrogen (secondary N) is 2. The van der Waals surface area contributed by atoms with Gasteiger partial charge in [0.15, 0.2) is 0 Å². The van der Waals surface area contributed by atoms with Gasteiger partial charge in [-0.3, -0.25) is 9.59 Å². The molecule has 242 valence electrons. The molecular formula is C39H47N3O4. The minimum Gasteiger partial charge on any atom is -0.444 e. The number of amides is 3. The lowest BCUT2D eigenvalue weighted by atomic mass is 9.98. The molecule has 0 heterocycles. The van der Waals surface area contributed by atoms with Crippen molar-refractivity contribution < 1.29 is 19.1 Å². The van der Waals surface area contributed by atoms with Crippen LogP contribution in [0.15, 0.2) is 97.1 Å². The fourth-order valence-corrected chi connectivity index (χ4v) is 5.48. The number of ether oxygens (including phenoxy) is 1. The Morgan fingerprint density at radius 1 is 0.783 bits per heavy atom. The van der Waals surface area contributed by atoms with Gasteiger partial charge in [-0.05, 0) is 73.2 Å². The molecule has 4 rings (SSSR count). The van der Waals surface area contributed by atoms with Crippen molar-refractivity contribution in [2.45, 2.75) is 84.4 Å². The summed E-state index contributed by atoms with van der Waals surface area (Å²) in [6.45, 7) is 9.87. The highest BCUT2D eigenvalue weighted by atomic mass is 16.6. The number of benzene rings is 4. The summed E-state index contributed by atoms with van der Waals surface area (Å²) in [5.41, 5.74) is 2.63. The predicted octanol–water partition coefficient (Wildman–Crippen LogP) is 8.24. The van der Waals surface area contributed by atoms with Gasteiger partial charge in [-0.1, -0.05) is 112 Å². The molecule has 0 radical (unpaired) electrons. The first-order valence-electron chi connectivity index (χ1n) is 16.3. The van der Waals surface area contributed by atoms with Crippen LogP contribution in [0.1, 0.15) is 76.6 Å². The van der Waals surface area contributed by atoms with E-state index in [-0.39, 0.29) is 18.2 Å². The Bertz CT molecular complexity index is 1600. The van der Waals surface area contributed by atoms with Crippen molar-refractivity contribution in [3.63, 3.8) is 0 Å². The third-order valence-corrected chi connectivity index (χ3v) is 7.84. The first-order valence-corrected chi connectivity index (χ1v) is 16.3. The number of nitrogens with zero attached hydrogens (tertiary/aromatic N) is 1. The van der Waals surface area contributed by atoms with E-state index in [1.165, 1.54) is 0 Å². The van der Waals surface area contributed by atoms with Crippen molar-refractivity contribution in [1.29, 1.82) is 0 Å². The SMILES string of the molecule is CCCCCN(C(=O)C(Cc1ccccc1)NC(=O)OC(C)(C)C)C(C(=O)Nc1ccc2ccccc2c1)c1ccc(CC)cc1. The molecule has 0 aromatic heterocycles. The van der Waals surface area contributed by atoms with Crippen molar-refractivity contribution in [3.05, 3.63) is 114 Å². The van der Waals surface area contributed by atoms with E-state index in [1.807, 2.05) is 97.1 Å². The lowest BCUT2D eigenvalue weighted by molar-refractivity contribution is -0.140. The molecule has 46 heavy (non-hydrogen) atoms. The van der Waals surface area contributed by atoms with Gasteiger partial charge >= 0.3 is 6.09 Å². The Kier molecular flexibility index (Phi) is 12.0. The summed E-state index contributed by atoms with van der Waals surface area (Å²) in [6.07, 6.45) is 2.97. The molecule has 0 aliphatic rings. The molecule has 2 unspecified atom stereocenters. The minimum absolute atomic E-state index is 0.247. The van der Waals surface area contributed by atoms with Crippen LogP contribution in [0.4, 0.5) is 10.5 Å². The van der Waals surface area contributed by atoms with E-state index < -0.39 is 23.8 Å². The van der Waals surface area contributed by atoms with Crippen LogP contribution in [0.2, 0.25) is 0 Å². The van der Waals surface area contributed by atoms with E-state index in [0.717, 1.165) is 41.2 Å². The van der Waals surface area contributed by atoms with Crippen molar-refractivity contribution >= 4 is 34.4 Å². The molecule has 3 amide bonds. The fraction of sp³-hybridized carbons (Fsp3) is 0.359. The van der Waals surface area contributed by atoms with Gasteiger partial charge in [-0.25, -0.2) is 4.79 Å². The number of hydrogen-bond acceptors (Lipinski definition) is 4. The van der Waals surface area contributed by atoms with Gasteiger partial charge in [0.25, 0.3) is 5.91 Å². The molecule has 0 fully saturated rings. The first kappa shape index (κ1) is 34.2. The van der Waals surface area contributed by atoms with Crippen LogP contribution >= 0.6 is 0 Å². The van der Waals surface area contributed by atoms with Crippen LogP contribution in [-0.2, 0) is 27.2 Å². The Morgan fingerprint density at radius 2 is 1.46 bits per heavy atom. The number of aryl methyl sites for hydroxylation is 1. The van der Waals surface area contributed by atoms with Crippen molar-refractivity contribution in [2.75, 3.05) is 11.9 Å². The molecule has 7 nitrogen and oxygen atoms in total. The van der Waals surface area contributed by atoms with E-state index in [4.69, 9.17) is 4.74 Å². The second-order valence-corrected chi connectivity index (χ2v) is 12.7. The van der Waals surface area contributed by atoms with Crippen LogP contribution in [0, 0.1) is 0 Å². The lowest BCUT2D eigenvalue weighted by Crippen LogP contribution is -2.53. The van der Waals surface area contributed by atoms with Crippen molar-refractivity contribution in [2.24, 2.45) is 0 Å². The molecule has 4 aromatic rings. The van der Waals surface area contributed by atoms with Crippen LogP contribution in [0.3, 0.4) is 0 Å². The Morgan fingerprint density at radius 3 is 2.11 bits per heavy atom. The fourth-order valence-electron chi connectivity index (χ4n) is 5.48. The maximum atomic E-state index is 14.7. The van der Waals surface area contributed by atoms with Crippen molar-refractivity contribution in [3.8, 4) is 0 Å². The van der Waals surface area contributed by atoms with Crippen LogP contribution < -0.4 is 10.6 Å². The zero-order valence-corrected chi connectivity index (χ0v) is 27.7. The Balaban J connectivity index is 1.75. The molecule has 2 atom stereocenters. The molecule has 0 aliphatic heterocycles. The van der Waals surface area contributed by atoms with Gasteiger partial charge in [0.1, 0.15) is 17.7 Å². The summed E-state index contributed by atoms with van der Waals surface area (Å²) in [5, 5.41) is 8.02. The number of anilines is 1. The molecule has 0 saturated carbocycles. The summed E-state index contributed by atoms with van der Waals surface area (Å²) in [6, 6.07) is 29.3. The Hall–Kier alpha value is -4.65. The average Bonchev–Trinajstić information content (AvgIpc) is 3.03. The second kappa shape index (κ2) is 16.1. The van der Waals surface area contributed by atoms with E-state index in [1.54, 1.807) is 25.7 Å². The number of rotatable bonds is 13. The standard InChI is InChI=1S/C39H47N3O4/c1-6-8-14-25-42(37(44)34(26-29-15-10-9-11-16-29)41-38(45)46-39(3,4)5)35(31-21-19-28(7-2)20-22-31)36(43)40-33-24-23-30-17-12-13-18-32(30)27-33/h9-13,15-24,27,34-35H,6-8,14,25-26H2,1-5H3,(H,40,43)(H,41,45). The first-order chi connectivity index (χ1) is 22.1. The number of unbranched alkanes of at least 4 members (excludes halogenated alkanes) is 2. The van der Waals surface area contributed by atoms with Crippen LogP contribution in [0.5, 0.6) is 0 Å². The van der Waals surface area contributed by atoms with E-state index >= 15 is 0 Å². The van der Waals surface area contributed by atoms with Gasteiger partial charge in [0, 0.05) is 18.7 Å². The summed E-state index contributed by atoms with van der Waals surface area (Å²) >= 11 is 0. The third-order valence-electron chi connectivity index (χ3n) is 7.84. The highest BCUT2D eigenvalue weighted by Crippen LogP contribution is 2.27. The predicted molar refractivity (Wildman–Crippen MR) is 186 cm³/mol. The highest BCUT2D eigenvalue weighted by Gasteiger charge is 2.36. The molecule has 0 bridgehead atoms. The zero-order chi connectivity index (χ0) is 33.1. The minimum atomic E-state index is -0.954. The van der Waals surface area contributed by atoms with Gasteiger partial charge in [0.2, 0.25) is 5.91 Å². The van der Waals surface area contributed by atoms with E-state index in [2.05, 4.69) is 24.5 Å². The maximum Gasteiger partial charge on any atom is 0.408 e. The zero-order valence-electron chi connectivity index (χ0n) is 27.7. The molecule has 2 N–H and O–H groups in total. The number of carbonyl (C=O) groups excluding carboxylic acids is 3. The summed E-state index contributed by atoms with van der Waals surface area (Å²) in [4.78, 5) is 43.7. The molecular weight excluding hydrogens is 574 g/mol. The molecule has 0 saturated heterocycles. The summed E-state index contributed by atoms with van der Waals surface area (Å²) < 4.78 is 5.57. The number of carbonyl (C=O) groups is 3.